The molecule has 3 heterocycles. The lowest BCUT2D eigenvalue weighted by Crippen LogP contribution is -2.28. The minimum absolute atomic E-state index is 0.279. The third-order valence-electron chi connectivity index (χ3n) is 3.98. The van der Waals surface area contributed by atoms with E-state index in [-0.39, 0.29) is 5.82 Å². The summed E-state index contributed by atoms with van der Waals surface area (Å²) in [5, 5.41) is 3.32. The molecule has 0 saturated carbocycles. The molecule has 1 N–H and O–H groups in total. The SMILES string of the molecule is O=C1OCCN1c1ccc(N2CC3NC3C2)c(F)c1. The molecular formula is C13H14FN3O2. The molecule has 19 heavy (non-hydrogen) atoms. The number of nitrogens with one attached hydrogen (secondary N) is 1. The normalized spacial score (nSPS) is 28.6. The number of nitrogens with zero attached hydrogens (tertiary/aromatic N) is 2. The zero-order valence-electron chi connectivity index (χ0n) is 10.3. The Labute approximate surface area is 109 Å². The van der Waals surface area contributed by atoms with Crippen molar-refractivity contribution in [1.29, 1.82) is 0 Å². The first kappa shape index (κ1) is 11.0. The van der Waals surface area contributed by atoms with Gasteiger partial charge in [0.25, 0.3) is 0 Å². The average Bonchev–Trinajstić information content (AvgIpc) is 2.82. The second kappa shape index (κ2) is 3.84. The van der Waals surface area contributed by atoms with E-state index in [4.69, 9.17) is 4.74 Å². The van der Waals surface area contributed by atoms with Gasteiger partial charge in [0, 0.05) is 25.2 Å². The van der Waals surface area contributed by atoms with Gasteiger partial charge in [0.15, 0.2) is 0 Å². The molecule has 0 aliphatic carbocycles. The van der Waals surface area contributed by atoms with E-state index < -0.39 is 6.09 Å². The minimum atomic E-state index is -0.404. The summed E-state index contributed by atoms with van der Waals surface area (Å²) >= 11 is 0. The highest BCUT2D eigenvalue weighted by molar-refractivity contribution is 5.89. The van der Waals surface area contributed by atoms with Crippen molar-refractivity contribution >= 4 is 17.5 Å². The number of halogens is 1. The third kappa shape index (κ3) is 1.74. The Bertz CT molecular complexity index is 541. The maximum atomic E-state index is 14.2. The van der Waals surface area contributed by atoms with Crippen molar-refractivity contribution < 1.29 is 13.9 Å². The fraction of sp³-hybridized carbons (Fsp3) is 0.462. The van der Waals surface area contributed by atoms with Gasteiger partial charge in [-0.2, -0.15) is 0 Å². The summed E-state index contributed by atoms with van der Waals surface area (Å²) in [6.07, 6.45) is -0.404. The summed E-state index contributed by atoms with van der Waals surface area (Å²) in [4.78, 5) is 14.9. The van der Waals surface area contributed by atoms with Gasteiger partial charge in [-0.3, -0.25) is 4.90 Å². The van der Waals surface area contributed by atoms with Gasteiger partial charge in [0.2, 0.25) is 0 Å². The van der Waals surface area contributed by atoms with Crippen LogP contribution in [0.25, 0.3) is 0 Å². The van der Waals surface area contributed by atoms with Gasteiger partial charge >= 0.3 is 6.09 Å². The summed E-state index contributed by atoms with van der Waals surface area (Å²) in [5.74, 6) is -0.279. The van der Waals surface area contributed by atoms with Crippen LogP contribution >= 0.6 is 0 Å². The van der Waals surface area contributed by atoms with Crippen molar-refractivity contribution in [3.63, 3.8) is 0 Å². The highest BCUT2D eigenvalue weighted by Gasteiger charge is 2.45. The van der Waals surface area contributed by atoms with Crippen molar-refractivity contribution in [3.05, 3.63) is 24.0 Å². The van der Waals surface area contributed by atoms with Crippen molar-refractivity contribution in [2.24, 2.45) is 0 Å². The van der Waals surface area contributed by atoms with E-state index in [1.54, 1.807) is 12.1 Å². The van der Waals surface area contributed by atoms with Crippen molar-refractivity contribution in [2.45, 2.75) is 12.1 Å². The largest absolute Gasteiger partial charge is 0.447 e. The number of carbonyl (C=O) groups excluding carboxylic acids is 1. The Kier molecular flexibility index (Phi) is 2.23. The van der Waals surface area contributed by atoms with Gasteiger partial charge in [-0.05, 0) is 18.2 Å². The highest BCUT2D eigenvalue weighted by Crippen LogP contribution is 2.31. The van der Waals surface area contributed by atoms with Gasteiger partial charge < -0.3 is 15.0 Å². The number of benzene rings is 1. The lowest BCUT2D eigenvalue weighted by molar-refractivity contribution is 0.181. The first-order valence-electron chi connectivity index (χ1n) is 6.47. The standard InChI is InChI=1S/C13H14FN3O2/c14-9-5-8(17-3-4-19-13(17)18)1-2-12(9)16-6-10-11(7-16)15-10/h1-2,5,10-11,15H,3-4,6-7H2. The summed E-state index contributed by atoms with van der Waals surface area (Å²) in [6.45, 7) is 2.55. The summed E-state index contributed by atoms with van der Waals surface area (Å²) in [5.41, 5.74) is 1.18. The Hall–Kier alpha value is -1.82. The van der Waals surface area contributed by atoms with E-state index in [2.05, 4.69) is 5.32 Å². The maximum absolute atomic E-state index is 14.2. The molecule has 6 heteroatoms. The van der Waals surface area contributed by atoms with Crippen LogP contribution < -0.4 is 15.1 Å². The number of fused-ring (bicyclic) bond motifs is 1. The van der Waals surface area contributed by atoms with Crippen LogP contribution in [0.5, 0.6) is 0 Å². The van der Waals surface area contributed by atoms with Gasteiger partial charge in [-0.25, -0.2) is 9.18 Å². The average molecular weight is 263 g/mol. The topological polar surface area (TPSA) is 54.7 Å². The fourth-order valence-corrected chi connectivity index (χ4v) is 2.87. The number of rotatable bonds is 2. The quantitative estimate of drug-likeness (QED) is 0.807. The smallest absolute Gasteiger partial charge is 0.414 e. The van der Waals surface area contributed by atoms with E-state index in [1.807, 2.05) is 4.90 Å². The van der Waals surface area contributed by atoms with Crippen molar-refractivity contribution in [2.75, 3.05) is 36.0 Å². The lowest BCUT2D eigenvalue weighted by atomic mass is 10.2. The molecule has 4 rings (SSSR count). The molecule has 0 aromatic heterocycles. The Morgan fingerprint density at radius 1 is 1.32 bits per heavy atom. The summed E-state index contributed by atoms with van der Waals surface area (Å²) in [7, 11) is 0. The molecule has 5 nitrogen and oxygen atoms in total. The maximum Gasteiger partial charge on any atom is 0.414 e. The molecule has 0 radical (unpaired) electrons. The van der Waals surface area contributed by atoms with Crippen LogP contribution in [-0.4, -0.2) is 44.4 Å². The van der Waals surface area contributed by atoms with E-state index in [0.717, 1.165) is 13.1 Å². The Morgan fingerprint density at radius 3 is 2.74 bits per heavy atom. The zero-order valence-corrected chi connectivity index (χ0v) is 10.3. The van der Waals surface area contributed by atoms with Gasteiger partial charge in [0.05, 0.1) is 17.9 Å². The van der Waals surface area contributed by atoms with Crippen LogP contribution in [0.1, 0.15) is 0 Å². The number of piperazine rings is 1. The van der Waals surface area contributed by atoms with Gasteiger partial charge in [-0.15, -0.1) is 0 Å². The second-order valence-electron chi connectivity index (χ2n) is 5.19. The number of amides is 1. The van der Waals surface area contributed by atoms with E-state index in [9.17, 15) is 9.18 Å². The Morgan fingerprint density at radius 2 is 2.11 bits per heavy atom. The van der Waals surface area contributed by atoms with Crippen LogP contribution in [0.15, 0.2) is 18.2 Å². The monoisotopic (exact) mass is 263 g/mol. The molecular weight excluding hydrogens is 249 g/mol. The molecule has 0 bridgehead atoms. The molecule has 1 aromatic rings. The van der Waals surface area contributed by atoms with E-state index in [1.165, 1.54) is 11.0 Å². The number of cyclic esters (lactones) is 1. The molecule has 3 fully saturated rings. The van der Waals surface area contributed by atoms with Crippen molar-refractivity contribution in [3.8, 4) is 0 Å². The van der Waals surface area contributed by atoms with Gasteiger partial charge in [0.1, 0.15) is 12.4 Å². The predicted octanol–water partition coefficient (Wildman–Crippen LogP) is 0.943. The number of ether oxygens (including phenoxy) is 1. The molecule has 2 unspecified atom stereocenters. The number of anilines is 2. The van der Waals surface area contributed by atoms with Crippen molar-refractivity contribution in [1.82, 2.24) is 5.32 Å². The molecule has 100 valence electrons. The van der Waals surface area contributed by atoms with Gasteiger partial charge in [-0.1, -0.05) is 0 Å². The Balaban J connectivity index is 1.59. The molecule has 1 aromatic carbocycles. The van der Waals surface area contributed by atoms with E-state index >= 15 is 0 Å². The first-order chi connectivity index (χ1) is 9.22. The number of hydrogen-bond donors (Lipinski definition) is 1. The lowest BCUT2D eigenvalue weighted by Gasteiger charge is -2.22. The van der Waals surface area contributed by atoms with E-state index in [0.29, 0.717) is 36.6 Å². The molecule has 1 amide bonds. The second-order valence-corrected chi connectivity index (χ2v) is 5.19. The molecule has 3 aliphatic rings. The number of hydrogen-bond acceptors (Lipinski definition) is 4. The molecule has 3 aliphatic heterocycles. The molecule has 2 atom stereocenters. The summed E-state index contributed by atoms with van der Waals surface area (Å²) < 4.78 is 19.0. The fourth-order valence-electron chi connectivity index (χ4n) is 2.87. The molecule has 3 saturated heterocycles. The van der Waals surface area contributed by atoms with Crippen LogP contribution in [0, 0.1) is 5.82 Å². The predicted molar refractivity (Wildman–Crippen MR) is 68.0 cm³/mol. The molecule has 0 spiro atoms. The zero-order chi connectivity index (χ0) is 13.0. The minimum Gasteiger partial charge on any atom is -0.447 e. The number of carbonyl (C=O) groups is 1. The van der Waals surface area contributed by atoms with Crippen LogP contribution in [0.3, 0.4) is 0 Å². The third-order valence-corrected chi connectivity index (χ3v) is 3.98. The first-order valence-corrected chi connectivity index (χ1v) is 6.47. The summed E-state index contributed by atoms with van der Waals surface area (Å²) in [6, 6.07) is 5.99. The van der Waals surface area contributed by atoms with Crippen LogP contribution in [-0.2, 0) is 4.74 Å². The highest BCUT2D eigenvalue weighted by atomic mass is 19.1. The van der Waals surface area contributed by atoms with Crippen LogP contribution in [0.4, 0.5) is 20.6 Å². The van der Waals surface area contributed by atoms with Crippen LogP contribution in [0.2, 0.25) is 0 Å².